The maximum Gasteiger partial charge on any atom is 0.241 e. The van der Waals surface area contributed by atoms with Crippen molar-refractivity contribution in [1.82, 2.24) is 9.88 Å². The van der Waals surface area contributed by atoms with Gasteiger partial charge in [-0.05, 0) is 81.1 Å². The van der Waals surface area contributed by atoms with Gasteiger partial charge in [-0.3, -0.25) is 14.7 Å². The number of pyridine rings is 1. The second-order valence-electron chi connectivity index (χ2n) is 8.69. The molecule has 0 aliphatic carbocycles. The Kier molecular flexibility index (Phi) is 5.74. The summed E-state index contributed by atoms with van der Waals surface area (Å²) in [6.07, 6.45) is 5.51. The van der Waals surface area contributed by atoms with Crippen LogP contribution in [0.4, 0.5) is 10.1 Å². The molecule has 1 amide bonds. The number of amides is 1. The molecule has 0 radical (unpaired) electrons. The van der Waals surface area contributed by atoms with Gasteiger partial charge in [-0.2, -0.15) is 0 Å². The standard InChI is InChI=1S/C25H25ClFN3O2/c1-15(25(31)29-18-5-2-16(26)3-6-18)30-19-7-8-20(30)14-21(13-19)32-24-10-11-28-23-9-4-17(27)12-22(23)24/h2-6,9-12,15,19-21H,7-8,13-14H2,1H3,(H,29,31). The molecule has 2 aromatic carbocycles. The Bertz CT molecular complexity index is 1130. The first-order chi connectivity index (χ1) is 15.5. The molecule has 5 rings (SSSR count). The molecule has 166 valence electrons. The molecule has 0 spiro atoms. The van der Waals surface area contributed by atoms with Crippen LogP contribution in [0.15, 0.2) is 54.7 Å². The summed E-state index contributed by atoms with van der Waals surface area (Å²) in [4.78, 5) is 19.6. The zero-order chi connectivity index (χ0) is 22.2. The van der Waals surface area contributed by atoms with E-state index in [1.807, 2.05) is 19.1 Å². The Morgan fingerprint density at radius 1 is 1.16 bits per heavy atom. The fourth-order valence-corrected chi connectivity index (χ4v) is 5.31. The lowest BCUT2D eigenvalue weighted by molar-refractivity contribution is -0.123. The Morgan fingerprint density at radius 2 is 1.88 bits per heavy atom. The van der Waals surface area contributed by atoms with Gasteiger partial charge in [0.25, 0.3) is 0 Å². The number of hydrogen-bond acceptors (Lipinski definition) is 4. The molecule has 2 saturated heterocycles. The van der Waals surface area contributed by atoms with Crippen LogP contribution in [0, 0.1) is 5.82 Å². The Labute approximate surface area is 191 Å². The molecule has 3 atom stereocenters. The summed E-state index contributed by atoms with van der Waals surface area (Å²) >= 11 is 5.94. The highest BCUT2D eigenvalue weighted by molar-refractivity contribution is 6.30. The number of ether oxygens (including phenoxy) is 1. The lowest BCUT2D eigenvalue weighted by atomic mass is 9.97. The number of carbonyl (C=O) groups excluding carboxylic acids is 1. The first kappa shape index (κ1) is 21.2. The van der Waals surface area contributed by atoms with Gasteiger partial charge in [-0.25, -0.2) is 4.39 Å². The summed E-state index contributed by atoms with van der Waals surface area (Å²) < 4.78 is 20.1. The Morgan fingerprint density at radius 3 is 2.59 bits per heavy atom. The molecule has 2 aliphatic heterocycles. The molecule has 1 aromatic heterocycles. The van der Waals surface area contributed by atoms with Gasteiger partial charge in [-0.1, -0.05) is 11.6 Å². The highest BCUT2D eigenvalue weighted by Gasteiger charge is 2.45. The number of benzene rings is 2. The molecule has 2 fully saturated rings. The van der Waals surface area contributed by atoms with Gasteiger partial charge in [0.05, 0.1) is 11.6 Å². The summed E-state index contributed by atoms with van der Waals surface area (Å²) in [5.74, 6) is 0.353. The van der Waals surface area contributed by atoms with Crippen molar-refractivity contribution in [3.8, 4) is 5.75 Å². The average molecular weight is 454 g/mol. The van der Waals surface area contributed by atoms with E-state index in [2.05, 4.69) is 15.2 Å². The van der Waals surface area contributed by atoms with Crippen molar-refractivity contribution in [2.45, 2.75) is 56.8 Å². The quantitative estimate of drug-likeness (QED) is 0.559. The largest absolute Gasteiger partial charge is 0.490 e. The van der Waals surface area contributed by atoms with Gasteiger partial charge in [0.1, 0.15) is 17.7 Å². The lowest BCUT2D eigenvalue weighted by Gasteiger charge is -2.41. The van der Waals surface area contributed by atoms with Gasteiger partial charge >= 0.3 is 0 Å². The first-order valence-corrected chi connectivity index (χ1v) is 11.4. The normalized spacial score (nSPS) is 23.8. The fourth-order valence-electron chi connectivity index (χ4n) is 5.18. The van der Waals surface area contributed by atoms with Crippen LogP contribution in [0.25, 0.3) is 10.9 Å². The number of nitrogens with one attached hydrogen (secondary N) is 1. The van der Waals surface area contributed by atoms with Crippen LogP contribution >= 0.6 is 11.6 Å². The molecule has 2 aliphatic rings. The summed E-state index contributed by atoms with van der Waals surface area (Å²) in [5, 5.41) is 4.33. The number of carbonyl (C=O) groups is 1. The van der Waals surface area contributed by atoms with Crippen LogP contribution in [-0.4, -0.2) is 40.0 Å². The molecule has 5 nitrogen and oxygen atoms in total. The van der Waals surface area contributed by atoms with E-state index in [1.54, 1.807) is 30.5 Å². The second-order valence-corrected chi connectivity index (χ2v) is 9.12. The van der Waals surface area contributed by atoms with E-state index in [9.17, 15) is 9.18 Å². The molecule has 2 bridgehead atoms. The molecular weight excluding hydrogens is 429 g/mol. The summed E-state index contributed by atoms with van der Waals surface area (Å²) in [6.45, 7) is 1.97. The van der Waals surface area contributed by atoms with Crippen LogP contribution in [-0.2, 0) is 4.79 Å². The minimum absolute atomic E-state index is 0.0146. The average Bonchev–Trinajstić information content (AvgIpc) is 3.05. The molecule has 3 unspecified atom stereocenters. The van der Waals surface area contributed by atoms with Crippen molar-refractivity contribution in [3.05, 3.63) is 65.6 Å². The molecule has 7 heteroatoms. The van der Waals surface area contributed by atoms with E-state index in [-0.39, 0.29) is 36.0 Å². The topological polar surface area (TPSA) is 54.5 Å². The molecule has 1 N–H and O–H groups in total. The number of hydrogen-bond donors (Lipinski definition) is 1. The van der Waals surface area contributed by atoms with Gasteiger partial charge in [0.2, 0.25) is 5.91 Å². The second kappa shape index (κ2) is 8.68. The van der Waals surface area contributed by atoms with Crippen molar-refractivity contribution in [1.29, 1.82) is 0 Å². The number of fused-ring (bicyclic) bond motifs is 3. The number of nitrogens with zero attached hydrogens (tertiary/aromatic N) is 2. The van der Waals surface area contributed by atoms with Crippen LogP contribution in [0.1, 0.15) is 32.6 Å². The van der Waals surface area contributed by atoms with Gasteiger partial charge < -0.3 is 10.1 Å². The number of aromatic nitrogens is 1. The molecule has 32 heavy (non-hydrogen) atoms. The minimum atomic E-state index is -0.300. The number of rotatable bonds is 5. The molecule has 3 heterocycles. The zero-order valence-electron chi connectivity index (χ0n) is 17.8. The summed E-state index contributed by atoms with van der Waals surface area (Å²) in [6, 6.07) is 13.9. The van der Waals surface area contributed by atoms with Crippen molar-refractivity contribution in [2.24, 2.45) is 0 Å². The van der Waals surface area contributed by atoms with Crippen molar-refractivity contribution in [3.63, 3.8) is 0 Å². The third-order valence-electron chi connectivity index (χ3n) is 6.64. The lowest BCUT2D eigenvalue weighted by Crippen LogP contribution is -2.53. The summed E-state index contributed by atoms with van der Waals surface area (Å²) in [5.41, 5.74) is 1.46. The Hall–Kier alpha value is -2.70. The maximum absolute atomic E-state index is 13.8. The SMILES string of the molecule is CC(C(=O)Nc1ccc(Cl)cc1)N1C2CCC1CC(Oc1ccnc3ccc(F)cc13)C2. The van der Waals surface area contributed by atoms with Crippen LogP contribution in [0.2, 0.25) is 5.02 Å². The first-order valence-electron chi connectivity index (χ1n) is 11.0. The number of piperidine rings is 1. The fraction of sp³-hybridized carbons (Fsp3) is 0.360. The van der Waals surface area contributed by atoms with Crippen molar-refractivity contribution < 1.29 is 13.9 Å². The predicted molar refractivity (Wildman–Crippen MR) is 124 cm³/mol. The van der Waals surface area contributed by atoms with Crippen LogP contribution in [0.3, 0.4) is 0 Å². The smallest absolute Gasteiger partial charge is 0.241 e. The summed E-state index contributed by atoms with van der Waals surface area (Å²) in [7, 11) is 0. The molecule has 3 aromatic rings. The molecular formula is C25H25ClFN3O2. The zero-order valence-corrected chi connectivity index (χ0v) is 18.6. The molecule has 0 saturated carbocycles. The van der Waals surface area contributed by atoms with Crippen molar-refractivity contribution >= 4 is 34.1 Å². The van der Waals surface area contributed by atoms with Crippen LogP contribution in [0.5, 0.6) is 5.75 Å². The van der Waals surface area contributed by atoms with E-state index in [1.165, 1.54) is 12.1 Å². The minimum Gasteiger partial charge on any atom is -0.490 e. The van der Waals surface area contributed by atoms with Gasteiger partial charge in [0.15, 0.2) is 0 Å². The monoisotopic (exact) mass is 453 g/mol. The third-order valence-corrected chi connectivity index (χ3v) is 6.89. The highest BCUT2D eigenvalue weighted by atomic mass is 35.5. The van der Waals surface area contributed by atoms with Crippen LogP contribution < -0.4 is 10.1 Å². The predicted octanol–water partition coefficient (Wildman–Crippen LogP) is 5.43. The maximum atomic E-state index is 13.8. The Balaban J connectivity index is 1.27. The van der Waals surface area contributed by atoms with Crippen molar-refractivity contribution in [2.75, 3.05) is 5.32 Å². The van der Waals surface area contributed by atoms with E-state index in [4.69, 9.17) is 16.3 Å². The van der Waals surface area contributed by atoms with Gasteiger partial charge in [0, 0.05) is 34.4 Å². The highest BCUT2D eigenvalue weighted by Crippen LogP contribution is 2.39. The van der Waals surface area contributed by atoms with E-state index < -0.39 is 0 Å². The van der Waals surface area contributed by atoms with Gasteiger partial charge in [-0.15, -0.1) is 0 Å². The third kappa shape index (κ3) is 4.17. The number of halogens is 2. The van der Waals surface area contributed by atoms with E-state index in [0.29, 0.717) is 16.2 Å². The van der Waals surface area contributed by atoms with E-state index in [0.717, 1.165) is 36.9 Å². The number of anilines is 1. The van der Waals surface area contributed by atoms with E-state index >= 15 is 0 Å².